The Labute approximate surface area is 155 Å². The Morgan fingerprint density at radius 1 is 1.19 bits per heavy atom. The lowest BCUT2D eigenvalue weighted by Crippen LogP contribution is -2.56. The quantitative estimate of drug-likeness (QED) is 0.881. The van der Waals surface area contributed by atoms with Gasteiger partial charge in [0.15, 0.2) is 0 Å². The lowest BCUT2D eigenvalue weighted by Gasteiger charge is -2.43. The number of carbonyl (C=O) groups is 2. The standard InChI is InChI=1S/C20H30N2O4/c1-14(2)12-17-13-21(16-8-6-15(7-9-16)18(23)24)10-11-22(17)19(25)26-20(3,4)5/h6-9,14,17H,10-13H2,1-5H3,(H,23,24)/t17-/m1/s1. The molecule has 0 spiro atoms. The Hall–Kier alpha value is -2.24. The van der Waals surface area contributed by atoms with Gasteiger partial charge in [-0.3, -0.25) is 0 Å². The van der Waals surface area contributed by atoms with Gasteiger partial charge in [-0.25, -0.2) is 9.59 Å². The molecule has 1 amide bonds. The Kier molecular flexibility index (Phi) is 6.16. The first kappa shape index (κ1) is 20.1. The van der Waals surface area contributed by atoms with Gasteiger partial charge in [-0.1, -0.05) is 13.8 Å². The van der Waals surface area contributed by atoms with E-state index in [1.807, 2.05) is 37.8 Å². The van der Waals surface area contributed by atoms with Gasteiger partial charge in [0.05, 0.1) is 11.6 Å². The molecule has 1 aromatic carbocycles. The van der Waals surface area contributed by atoms with Crippen LogP contribution in [0.5, 0.6) is 0 Å². The van der Waals surface area contributed by atoms with Crippen molar-refractivity contribution in [1.82, 2.24) is 4.90 Å². The van der Waals surface area contributed by atoms with E-state index >= 15 is 0 Å². The van der Waals surface area contributed by atoms with Crippen molar-refractivity contribution in [3.05, 3.63) is 29.8 Å². The maximum absolute atomic E-state index is 12.6. The van der Waals surface area contributed by atoms with Gasteiger partial charge in [0.2, 0.25) is 0 Å². The van der Waals surface area contributed by atoms with Crippen LogP contribution in [0, 0.1) is 5.92 Å². The van der Waals surface area contributed by atoms with Crippen LogP contribution in [0.2, 0.25) is 0 Å². The van der Waals surface area contributed by atoms with Gasteiger partial charge in [0.25, 0.3) is 0 Å². The minimum Gasteiger partial charge on any atom is -0.478 e. The van der Waals surface area contributed by atoms with Gasteiger partial charge >= 0.3 is 12.1 Å². The van der Waals surface area contributed by atoms with Crippen molar-refractivity contribution in [3.8, 4) is 0 Å². The Morgan fingerprint density at radius 2 is 1.81 bits per heavy atom. The molecule has 0 bridgehead atoms. The zero-order valence-electron chi connectivity index (χ0n) is 16.4. The fourth-order valence-electron chi connectivity index (χ4n) is 3.21. The average Bonchev–Trinajstić information content (AvgIpc) is 2.52. The van der Waals surface area contributed by atoms with E-state index in [2.05, 4.69) is 18.7 Å². The third-order valence-electron chi connectivity index (χ3n) is 4.33. The van der Waals surface area contributed by atoms with Crippen LogP contribution in [0.4, 0.5) is 10.5 Å². The molecule has 1 aromatic rings. The fraction of sp³-hybridized carbons (Fsp3) is 0.600. The van der Waals surface area contributed by atoms with Crippen LogP contribution in [0.3, 0.4) is 0 Å². The van der Waals surface area contributed by atoms with Gasteiger partial charge in [-0.05, 0) is 57.4 Å². The SMILES string of the molecule is CC(C)C[C@@H]1CN(c2ccc(C(=O)O)cc2)CCN1C(=O)OC(C)(C)C. The Balaban J connectivity index is 2.13. The first-order chi connectivity index (χ1) is 12.1. The summed E-state index contributed by atoms with van der Waals surface area (Å²) in [4.78, 5) is 27.7. The number of hydrogen-bond acceptors (Lipinski definition) is 4. The summed E-state index contributed by atoms with van der Waals surface area (Å²) in [6.45, 7) is 11.9. The number of benzene rings is 1. The monoisotopic (exact) mass is 362 g/mol. The minimum absolute atomic E-state index is 0.0674. The number of piperazine rings is 1. The van der Waals surface area contributed by atoms with Crippen LogP contribution in [-0.2, 0) is 4.74 Å². The number of anilines is 1. The van der Waals surface area contributed by atoms with Gasteiger partial charge in [-0.2, -0.15) is 0 Å². The van der Waals surface area contributed by atoms with Crippen molar-refractivity contribution in [2.24, 2.45) is 5.92 Å². The van der Waals surface area contributed by atoms with Gasteiger partial charge < -0.3 is 19.6 Å². The molecular weight excluding hydrogens is 332 g/mol. The number of carboxylic acids is 1. The number of hydrogen-bond donors (Lipinski definition) is 1. The van der Waals surface area contributed by atoms with E-state index in [0.29, 0.717) is 25.6 Å². The predicted molar refractivity (Wildman–Crippen MR) is 102 cm³/mol. The van der Waals surface area contributed by atoms with Crippen molar-refractivity contribution in [1.29, 1.82) is 0 Å². The van der Waals surface area contributed by atoms with Crippen molar-refractivity contribution in [2.75, 3.05) is 24.5 Å². The highest BCUT2D eigenvalue weighted by molar-refractivity contribution is 5.88. The summed E-state index contributed by atoms with van der Waals surface area (Å²) in [7, 11) is 0. The zero-order chi connectivity index (χ0) is 19.5. The predicted octanol–water partition coefficient (Wildman–Crippen LogP) is 3.86. The molecular formula is C20H30N2O4. The lowest BCUT2D eigenvalue weighted by molar-refractivity contribution is 0.0119. The highest BCUT2D eigenvalue weighted by Gasteiger charge is 2.33. The fourth-order valence-corrected chi connectivity index (χ4v) is 3.21. The summed E-state index contributed by atoms with van der Waals surface area (Å²) in [5.41, 5.74) is 0.746. The largest absolute Gasteiger partial charge is 0.478 e. The molecule has 0 radical (unpaired) electrons. The summed E-state index contributed by atoms with van der Waals surface area (Å²) in [6.07, 6.45) is 0.632. The number of rotatable bonds is 4. The number of amides is 1. The smallest absolute Gasteiger partial charge is 0.410 e. The molecule has 6 nitrogen and oxygen atoms in total. The van der Waals surface area contributed by atoms with Crippen LogP contribution < -0.4 is 4.90 Å². The molecule has 1 fully saturated rings. The Bertz CT molecular complexity index is 634. The molecule has 0 aliphatic carbocycles. The van der Waals surface area contributed by atoms with Crippen molar-refractivity contribution in [3.63, 3.8) is 0 Å². The van der Waals surface area contributed by atoms with E-state index < -0.39 is 11.6 Å². The normalized spacial score (nSPS) is 18.2. The first-order valence-corrected chi connectivity index (χ1v) is 9.15. The molecule has 1 aliphatic rings. The molecule has 0 unspecified atom stereocenters. The molecule has 1 atom stereocenters. The van der Waals surface area contributed by atoms with E-state index in [-0.39, 0.29) is 17.7 Å². The molecule has 1 aliphatic heterocycles. The molecule has 0 aromatic heterocycles. The molecule has 1 heterocycles. The molecule has 6 heteroatoms. The molecule has 2 rings (SSSR count). The number of carbonyl (C=O) groups excluding carboxylic acids is 1. The van der Waals surface area contributed by atoms with Gasteiger partial charge in [0.1, 0.15) is 5.60 Å². The van der Waals surface area contributed by atoms with Gasteiger partial charge in [0, 0.05) is 25.3 Å². The van der Waals surface area contributed by atoms with Crippen LogP contribution >= 0.6 is 0 Å². The second-order valence-corrected chi connectivity index (χ2v) is 8.26. The summed E-state index contributed by atoms with van der Waals surface area (Å²) in [6, 6.07) is 6.97. The molecule has 0 saturated carbocycles. The van der Waals surface area contributed by atoms with E-state index in [4.69, 9.17) is 9.84 Å². The second-order valence-electron chi connectivity index (χ2n) is 8.26. The number of carboxylic acid groups (broad SMARTS) is 1. The second kappa shape index (κ2) is 7.98. The molecule has 1 N–H and O–H groups in total. The van der Waals surface area contributed by atoms with E-state index in [1.165, 1.54) is 0 Å². The third-order valence-corrected chi connectivity index (χ3v) is 4.33. The zero-order valence-corrected chi connectivity index (χ0v) is 16.4. The van der Waals surface area contributed by atoms with Crippen molar-refractivity contribution in [2.45, 2.75) is 52.7 Å². The minimum atomic E-state index is -0.927. The van der Waals surface area contributed by atoms with Crippen molar-refractivity contribution < 1.29 is 19.4 Å². The summed E-state index contributed by atoms with van der Waals surface area (Å²) in [5.74, 6) is -0.469. The highest BCUT2D eigenvalue weighted by Crippen LogP contribution is 2.24. The van der Waals surface area contributed by atoms with Crippen molar-refractivity contribution >= 4 is 17.7 Å². The van der Waals surface area contributed by atoms with Crippen LogP contribution in [-0.4, -0.2) is 53.3 Å². The van der Waals surface area contributed by atoms with Crippen LogP contribution in [0.15, 0.2) is 24.3 Å². The number of aromatic carboxylic acids is 1. The molecule has 144 valence electrons. The molecule has 1 saturated heterocycles. The lowest BCUT2D eigenvalue weighted by atomic mass is 10.00. The maximum atomic E-state index is 12.6. The third kappa shape index (κ3) is 5.38. The van der Waals surface area contributed by atoms with E-state index in [1.54, 1.807) is 12.1 Å². The first-order valence-electron chi connectivity index (χ1n) is 9.15. The van der Waals surface area contributed by atoms with E-state index in [0.717, 1.165) is 12.1 Å². The molecule has 26 heavy (non-hydrogen) atoms. The van der Waals surface area contributed by atoms with Crippen LogP contribution in [0.1, 0.15) is 51.4 Å². The summed E-state index contributed by atoms with van der Waals surface area (Å²) in [5, 5.41) is 9.04. The average molecular weight is 362 g/mol. The topological polar surface area (TPSA) is 70.1 Å². The summed E-state index contributed by atoms with van der Waals surface area (Å²) < 4.78 is 5.58. The highest BCUT2D eigenvalue weighted by atomic mass is 16.6. The van der Waals surface area contributed by atoms with Gasteiger partial charge in [-0.15, -0.1) is 0 Å². The maximum Gasteiger partial charge on any atom is 0.410 e. The van der Waals surface area contributed by atoms with Crippen LogP contribution in [0.25, 0.3) is 0 Å². The Morgan fingerprint density at radius 3 is 2.31 bits per heavy atom. The number of nitrogens with zero attached hydrogens (tertiary/aromatic N) is 2. The van der Waals surface area contributed by atoms with E-state index in [9.17, 15) is 9.59 Å². The number of ether oxygens (including phenoxy) is 1. The summed E-state index contributed by atoms with van der Waals surface area (Å²) >= 11 is 0.